The van der Waals surface area contributed by atoms with Crippen molar-refractivity contribution in [3.8, 4) is 5.75 Å². The van der Waals surface area contributed by atoms with Crippen LogP contribution in [-0.4, -0.2) is 48.3 Å². The van der Waals surface area contributed by atoms with E-state index in [1.807, 2.05) is 6.92 Å². The van der Waals surface area contributed by atoms with Crippen LogP contribution in [0.15, 0.2) is 18.3 Å². The van der Waals surface area contributed by atoms with Crippen LogP contribution in [0.25, 0.3) is 0 Å². The number of nitrogens with one attached hydrogen (secondary N) is 1. The molecule has 0 radical (unpaired) electrons. The number of hydrogen-bond acceptors (Lipinski definition) is 5. The normalized spacial score (nSPS) is 16.6. The van der Waals surface area contributed by atoms with Crippen LogP contribution in [0.4, 0.5) is 0 Å². The summed E-state index contributed by atoms with van der Waals surface area (Å²) in [5, 5.41) is 12.1. The monoisotopic (exact) mass is 322 g/mol. The number of aromatic nitrogens is 1. The van der Waals surface area contributed by atoms with Crippen molar-refractivity contribution in [1.29, 1.82) is 0 Å². The van der Waals surface area contributed by atoms with Crippen LogP contribution < -0.4 is 10.1 Å². The maximum Gasteiger partial charge on any atom is 0.308 e. The molecule has 0 bridgehead atoms. The van der Waals surface area contributed by atoms with Crippen molar-refractivity contribution in [2.45, 2.75) is 19.8 Å². The van der Waals surface area contributed by atoms with Crippen LogP contribution in [0, 0.1) is 11.8 Å². The van der Waals surface area contributed by atoms with Gasteiger partial charge < -0.3 is 19.9 Å². The van der Waals surface area contributed by atoms with Gasteiger partial charge in [-0.05, 0) is 37.8 Å². The molecule has 2 heterocycles. The number of amides is 1. The summed E-state index contributed by atoms with van der Waals surface area (Å²) in [6.07, 6.45) is 2.89. The van der Waals surface area contributed by atoms with Gasteiger partial charge in [0.25, 0.3) is 5.91 Å². The molecule has 1 aliphatic heterocycles. The summed E-state index contributed by atoms with van der Waals surface area (Å²) >= 11 is 0. The molecule has 0 spiro atoms. The first kappa shape index (κ1) is 17.2. The number of ether oxygens (including phenoxy) is 2. The lowest BCUT2D eigenvalue weighted by molar-refractivity contribution is -0.144. The van der Waals surface area contributed by atoms with Crippen LogP contribution in [0.2, 0.25) is 0 Å². The van der Waals surface area contributed by atoms with E-state index in [-0.39, 0.29) is 18.2 Å². The molecular formula is C16H22N2O5. The van der Waals surface area contributed by atoms with Gasteiger partial charge in [0.2, 0.25) is 0 Å². The van der Waals surface area contributed by atoms with E-state index in [1.54, 1.807) is 12.1 Å². The number of carbonyl (C=O) groups is 2. The zero-order valence-corrected chi connectivity index (χ0v) is 13.2. The van der Waals surface area contributed by atoms with Crippen LogP contribution in [0.5, 0.6) is 5.75 Å². The molecule has 0 aromatic carbocycles. The number of rotatable bonds is 7. The summed E-state index contributed by atoms with van der Waals surface area (Å²) < 4.78 is 10.6. The Hall–Kier alpha value is -2.15. The molecule has 1 atom stereocenters. The average molecular weight is 322 g/mol. The molecule has 7 heteroatoms. The van der Waals surface area contributed by atoms with Gasteiger partial charge >= 0.3 is 5.97 Å². The third-order valence-electron chi connectivity index (χ3n) is 3.92. The highest BCUT2D eigenvalue weighted by atomic mass is 16.5. The van der Waals surface area contributed by atoms with Crippen molar-refractivity contribution in [1.82, 2.24) is 10.3 Å². The summed E-state index contributed by atoms with van der Waals surface area (Å²) in [7, 11) is 0. The third kappa shape index (κ3) is 4.66. The lowest BCUT2D eigenvalue weighted by atomic mass is 9.86. The quantitative estimate of drug-likeness (QED) is 0.786. The maximum absolute atomic E-state index is 12.3. The first-order valence-corrected chi connectivity index (χ1v) is 7.80. The van der Waals surface area contributed by atoms with Gasteiger partial charge in [0, 0.05) is 26.0 Å². The number of carboxylic acids is 1. The Bertz CT molecular complexity index is 543. The molecule has 0 saturated carbocycles. The van der Waals surface area contributed by atoms with E-state index in [0.29, 0.717) is 38.4 Å². The summed E-state index contributed by atoms with van der Waals surface area (Å²) in [5.74, 6) is -1.54. The van der Waals surface area contributed by atoms with E-state index in [9.17, 15) is 14.7 Å². The Morgan fingerprint density at radius 3 is 2.87 bits per heavy atom. The number of pyridine rings is 1. The lowest BCUT2D eigenvalue weighted by Crippen LogP contribution is -2.39. The number of carbonyl (C=O) groups excluding carboxylic acids is 1. The third-order valence-corrected chi connectivity index (χ3v) is 3.92. The first-order valence-electron chi connectivity index (χ1n) is 7.80. The smallest absolute Gasteiger partial charge is 0.308 e. The average Bonchev–Trinajstić information content (AvgIpc) is 2.56. The zero-order valence-electron chi connectivity index (χ0n) is 13.2. The number of aliphatic carboxylic acids is 1. The summed E-state index contributed by atoms with van der Waals surface area (Å²) in [5.41, 5.74) is 0.172. The molecule has 126 valence electrons. The molecule has 7 nitrogen and oxygen atoms in total. The second-order valence-corrected chi connectivity index (χ2v) is 5.39. The van der Waals surface area contributed by atoms with Gasteiger partial charge in [0.15, 0.2) is 11.4 Å². The fraction of sp³-hybridized carbons (Fsp3) is 0.562. The van der Waals surface area contributed by atoms with Crippen molar-refractivity contribution in [3.63, 3.8) is 0 Å². The highest BCUT2D eigenvalue weighted by Gasteiger charge is 2.30. The standard InChI is InChI=1S/C16H22N2O5/c1-2-23-13-4-3-7-17-14(13)15(19)18-10-12(16(20)21)11-5-8-22-9-6-11/h3-4,7,11-12H,2,5-6,8-10H2,1H3,(H,18,19)(H,20,21). The van der Waals surface area contributed by atoms with E-state index in [4.69, 9.17) is 9.47 Å². The largest absolute Gasteiger partial charge is 0.491 e. The van der Waals surface area contributed by atoms with E-state index in [0.717, 1.165) is 0 Å². The molecule has 1 aliphatic rings. The van der Waals surface area contributed by atoms with Crippen LogP contribution in [0.3, 0.4) is 0 Å². The first-order chi connectivity index (χ1) is 11.1. The lowest BCUT2D eigenvalue weighted by Gasteiger charge is -2.27. The molecule has 1 aromatic rings. The van der Waals surface area contributed by atoms with Crippen molar-refractivity contribution in [3.05, 3.63) is 24.0 Å². The molecule has 1 saturated heterocycles. The zero-order chi connectivity index (χ0) is 16.7. The Morgan fingerprint density at radius 1 is 1.48 bits per heavy atom. The Balaban J connectivity index is 2.00. The number of hydrogen-bond donors (Lipinski definition) is 2. The molecule has 2 N–H and O–H groups in total. The second-order valence-electron chi connectivity index (χ2n) is 5.39. The topological polar surface area (TPSA) is 97.8 Å². The minimum Gasteiger partial charge on any atom is -0.491 e. The molecule has 1 fully saturated rings. The van der Waals surface area contributed by atoms with Crippen molar-refractivity contribution in [2.75, 3.05) is 26.4 Å². The van der Waals surface area contributed by atoms with E-state index >= 15 is 0 Å². The highest BCUT2D eigenvalue weighted by molar-refractivity contribution is 5.95. The van der Waals surface area contributed by atoms with E-state index < -0.39 is 17.8 Å². The predicted octanol–water partition coefficient (Wildman–Crippen LogP) is 1.34. The van der Waals surface area contributed by atoms with Gasteiger partial charge in [-0.3, -0.25) is 9.59 Å². The van der Waals surface area contributed by atoms with Gasteiger partial charge in [-0.15, -0.1) is 0 Å². The Labute approximate surface area is 135 Å². The molecule has 1 aromatic heterocycles. The second kappa shape index (κ2) is 8.47. The molecule has 0 aliphatic carbocycles. The summed E-state index contributed by atoms with van der Waals surface area (Å²) in [6.45, 7) is 3.45. The summed E-state index contributed by atoms with van der Waals surface area (Å²) in [6, 6.07) is 3.35. The highest BCUT2D eigenvalue weighted by Crippen LogP contribution is 2.24. The molecule has 23 heavy (non-hydrogen) atoms. The molecule has 1 amide bonds. The van der Waals surface area contributed by atoms with Crippen LogP contribution >= 0.6 is 0 Å². The number of carboxylic acid groups (broad SMARTS) is 1. The SMILES string of the molecule is CCOc1cccnc1C(=O)NCC(C(=O)O)C1CCOCC1. The number of nitrogens with zero attached hydrogens (tertiary/aromatic N) is 1. The molecule has 1 unspecified atom stereocenters. The molecule has 2 rings (SSSR count). The summed E-state index contributed by atoms with van der Waals surface area (Å²) in [4.78, 5) is 27.8. The van der Waals surface area contributed by atoms with Gasteiger partial charge in [-0.2, -0.15) is 0 Å². The maximum atomic E-state index is 12.3. The fourth-order valence-electron chi connectivity index (χ4n) is 2.69. The minimum absolute atomic E-state index is 0.0108. The van der Waals surface area contributed by atoms with Crippen LogP contribution in [-0.2, 0) is 9.53 Å². The van der Waals surface area contributed by atoms with Crippen LogP contribution in [0.1, 0.15) is 30.3 Å². The van der Waals surface area contributed by atoms with Gasteiger partial charge in [0.05, 0.1) is 12.5 Å². The van der Waals surface area contributed by atoms with Gasteiger partial charge in [-0.1, -0.05) is 0 Å². The van der Waals surface area contributed by atoms with Gasteiger partial charge in [0.1, 0.15) is 0 Å². The van der Waals surface area contributed by atoms with Crippen molar-refractivity contribution in [2.24, 2.45) is 11.8 Å². The van der Waals surface area contributed by atoms with E-state index in [2.05, 4.69) is 10.3 Å². The van der Waals surface area contributed by atoms with Crippen molar-refractivity contribution < 1.29 is 24.2 Å². The van der Waals surface area contributed by atoms with Gasteiger partial charge in [-0.25, -0.2) is 4.98 Å². The Morgan fingerprint density at radius 2 is 2.22 bits per heavy atom. The van der Waals surface area contributed by atoms with Crippen molar-refractivity contribution >= 4 is 11.9 Å². The Kier molecular flexibility index (Phi) is 6.34. The predicted molar refractivity (Wildman–Crippen MR) is 82.4 cm³/mol. The molecular weight excluding hydrogens is 300 g/mol. The van der Waals surface area contributed by atoms with E-state index in [1.165, 1.54) is 6.20 Å². The minimum atomic E-state index is -0.900. The fourth-order valence-corrected chi connectivity index (χ4v) is 2.69.